The number of nitrogens with zero attached hydrogens (tertiary/aromatic N) is 5. The summed E-state index contributed by atoms with van der Waals surface area (Å²) in [4.78, 5) is 20.9. The van der Waals surface area contributed by atoms with Gasteiger partial charge in [0.2, 0.25) is 0 Å². The topological polar surface area (TPSA) is 143 Å². The fourth-order valence-electron chi connectivity index (χ4n) is 4.57. The van der Waals surface area contributed by atoms with Gasteiger partial charge >= 0.3 is 12.1 Å². The van der Waals surface area contributed by atoms with Crippen molar-refractivity contribution in [3.63, 3.8) is 0 Å². The molecule has 1 unspecified atom stereocenters. The van der Waals surface area contributed by atoms with Gasteiger partial charge in [0.05, 0.1) is 18.5 Å². The van der Waals surface area contributed by atoms with Gasteiger partial charge in [-0.05, 0) is 35.8 Å². The quantitative estimate of drug-likeness (QED) is 0.150. The lowest BCUT2D eigenvalue weighted by atomic mass is 10.1. The highest BCUT2D eigenvalue weighted by atomic mass is 19.4. The predicted molar refractivity (Wildman–Crippen MR) is 151 cm³/mol. The SMILES string of the molecule is CCn1c(-c2nonc2N)nc2c(-c3ccccc3)ncc(OCCCNCC(OC(=O)C(F)(F)F)c3ccccc3)c21. The molecule has 3 aromatic heterocycles. The number of hydrogen-bond donors (Lipinski definition) is 2. The van der Waals surface area contributed by atoms with Crippen LogP contribution in [0.3, 0.4) is 0 Å². The van der Waals surface area contributed by atoms with Gasteiger partial charge in [0.25, 0.3) is 0 Å². The van der Waals surface area contributed by atoms with E-state index in [0.29, 0.717) is 59.1 Å². The number of pyridine rings is 1. The molecule has 11 nitrogen and oxygen atoms in total. The molecule has 0 amide bonds. The van der Waals surface area contributed by atoms with Crippen molar-refractivity contribution in [1.82, 2.24) is 30.2 Å². The zero-order valence-corrected chi connectivity index (χ0v) is 23.0. The summed E-state index contributed by atoms with van der Waals surface area (Å²) in [6.45, 7) is 3.07. The van der Waals surface area contributed by atoms with E-state index < -0.39 is 18.2 Å². The molecule has 3 N–H and O–H groups in total. The number of esters is 1. The molecule has 0 aliphatic heterocycles. The van der Waals surface area contributed by atoms with Crippen molar-refractivity contribution < 1.29 is 32.1 Å². The maximum Gasteiger partial charge on any atom is 0.490 e. The minimum absolute atomic E-state index is 0.0114. The van der Waals surface area contributed by atoms with Crippen LogP contribution in [0, 0.1) is 0 Å². The smallest absolute Gasteiger partial charge is 0.490 e. The number of carbonyl (C=O) groups excluding carboxylic acids is 1. The maximum absolute atomic E-state index is 12.8. The van der Waals surface area contributed by atoms with Crippen molar-refractivity contribution in [3.05, 3.63) is 72.4 Å². The first-order valence-electron chi connectivity index (χ1n) is 13.5. The van der Waals surface area contributed by atoms with Gasteiger partial charge in [-0.3, -0.25) is 0 Å². The third kappa shape index (κ3) is 6.59. The van der Waals surface area contributed by atoms with E-state index in [0.717, 1.165) is 5.56 Å². The zero-order chi connectivity index (χ0) is 30.4. The normalized spacial score (nSPS) is 12.4. The number of carbonyl (C=O) groups is 1. The van der Waals surface area contributed by atoms with Gasteiger partial charge in [-0.2, -0.15) is 13.2 Å². The van der Waals surface area contributed by atoms with Gasteiger partial charge < -0.3 is 25.1 Å². The molecule has 0 radical (unpaired) electrons. The number of imidazole rings is 1. The second kappa shape index (κ2) is 12.9. The van der Waals surface area contributed by atoms with E-state index in [9.17, 15) is 18.0 Å². The van der Waals surface area contributed by atoms with E-state index in [1.165, 1.54) is 0 Å². The number of alkyl halides is 3. The fourth-order valence-corrected chi connectivity index (χ4v) is 4.57. The number of nitrogens with two attached hydrogens (primary N) is 1. The molecule has 0 fully saturated rings. The molecular formula is C29H28F3N7O4. The van der Waals surface area contributed by atoms with E-state index in [-0.39, 0.29) is 19.0 Å². The lowest BCUT2D eigenvalue weighted by molar-refractivity contribution is -0.205. The third-order valence-electron chi connectivity index (χ3n) is 6.56. The van der Waals surface area contributed by atoms with E-state index in [2.05, 4.69) is 20.6 Å². The second-order valence-corrected chi connectivity index (χ2v) is 9.42. The summed E-state index contributed by atoms with van der Waals surface area (Å²) >= 11 is 0. The first-order chi connectivity index (χ1) is 20.8. The van der Waals surface area contributed by atoms with E-state index in [1.807, 2.05) is 41.8 Å². The number of nitrogen functional groups attached to an aromatic ring is 1. The Labute approximate surface area is 243 Å². The van der Waals surface area contributed by atoms with Crippen LogP contribution in [0.25, 0.3) is 33.8 Å². The predicted octanol–water partition coefficient (Wildman–Crippen LogP) is 4.96. The van der Waals surface area contributed by atoms with Crippen molar-refractivity contribution in [2.75, 3.05) is 25.4 Å². The molecule has 14 heteroatoms. The van der Waals surface area contributed by atoms with Gasteiger partial charge in [-0.15, -0.1) is 0 Å². The largest absolute Gasteiger partial charge is 0.490 e. The van der Waals surface area contributed by atoms with Crippen molar-refractivity contribution in [1.29, 1.82) is 0 Å². The van der Waals surface area contributed by atoms with Crippen molar-refractivity contribution in [2.45, 2.75) is 32.2 Å². The highest BCUT2D eigenvalue weighted by Gasteiger charge is 2.42. The summed E-state index contributed by atoms with van der Waals surface area (Å²) in [5.74, 6) is -1.21. The number of halogens is 3. The number of hydrogen-bond acceptors (Lipinski definition) is 10. The highest BCUT2D eigenvalue weighted by molar-refractivity contribution is 5.95. The molecule has 3 heterocycles. The minimum Gasteiger partial charge on any atom is -0.490 e. The Morgan fingerprint density at radius 2 is 1.79 bits per heavy atom. The molecule has 0 saturated carbocycles. The molecule has 224 valence electrons. The van der Waals surface area contributed by atoms with Crippen LogP contribution >= 0.6 is 0 Å². The van der Waals surface area contributed by atoms with Crippen LogP contribution in [0.4, 0.5) is 19.0 Å². The Kier molecular flexibility index (Phi) is 8.85. The van der Waals surface area contributed by atoms with Crippen LogP contribution in [-0.4, -0.2) is 56.7 Å². The molecule has 43 heavy (non-hydrogen) atoms. The van der Waals surface area contributed by atoms with Gasteiger partial charge in [0.15, 0.2) is 23.1 Å². The second-order valence-electron chi connectivity index (χ2n) is 9.42. The summed E-state index contributed by atoms with van der Waals surface area (Å²) in [5, 5.41) is 10.7. The first kappa shape index (κ1) is 29.5. The van der Waals surface area contributed by atoms with Crippen LogP contribution in [0.5, 0.6) is 5.75 Å². The van der Waals surface area contributed by atoms with Crippen LogP contribution in [-0.2, 0) is 16.1 Å². The number of fused-ring (bicyclic) bond motifs is 1. The molecule has 0 bridgehead atoms. The van der Waals surface area contributed by atoms with Gasteiger partial charge in [0.1, 0.15) is 17.1 Å². The van der Waals surface area contributed by atoms with Crippen LogP contribution < -0.4 is 15.8 Å². The number of anilines is 1. The highest BCUT2D eigenvalue weighted by Crippen LogP contribution is 2.36. The molecule has 0 saturated heterocycles. The number of ether oxygens (including phenoxy) is 2. The van der Waals surface area contributed by atoms with Crippen molar-refractivity contribution >= 4 is 22.8 Å². The van der Waals surface area contributed by atoms with Crippen LogP contribution in [0.2, 0.25) is 0 Å². The third-order valence-corrected chi connectivity index (χ3v) is 6.56. The number of nitrogens with one attached hydrogen (secondary N) is 1. The number of rotatable bonds is 12. The molecule has 0 aliphatic rings. The standard InChI is InChI=1S/C29H28F3N7O4/c1-2-39-25-21(41-15-9-14-34-16-20(18-10-5-3-6-11-18)42-28(40)29(30,31)32)17-35-22(19-12-7-4-8-13-19)23(25)36-27(39)24-26(33)38-43-37-24/h3-8,10-13,17,20,34H,2,9,14-16H2,1H3,(H2,33,38). The summed E-state index contributed by atoms with van der Waals surface area (Å²) in [6, 6.07) is 17.8. The Morgan fingerprint density at radius 3 is 2.44 bits per heavy atom. The van der Waals surface area contributed by atoms with E-state index in [1.54, 1.807) is 36.5 Å². The molecule has 1 atom stereocenters. The lowest BCUT2D eigenvalue weighted by Gasteiger charge is -2.20. The molecule has 5 aromatic rings. The van der Waals surface area contributed by atoms with Crippen molar-refractivity contribution in [2.24, 2.45) is 0 Å². The van der Waals surface area contributed by atoms with E-state index >= 15 is 0 Å². The van der Waals surface area contributed by atoms with E-state index in [4.69, 9.17) is 24.8 Å². The Balaban J connectivity index is 1.31. The molecule has 0 spiro atoms. The minimum atomic E-state index is -5.09. The summed E-state index contributed by atoms with van der Waals surface area (Å²) in [6.07, 6.45) is -4.08. The number of benzene rings is 2. The molecular weight excluding hydrogens is 567 g/mol. The van der Waals surface area contributed by atoms with Gasteiger partial charge in [-0.1, -0.05) is 60.7 Å². The Bertz CT molecular complexity index is 1670. The number of aryl methyl sites for hydroxylation is 1. The van der Waals surface area contributed by atoms with Crippen LogP contribution in [0.15, 0.2) is 71.5 Å². The lowest BCUT2D eigenvalue weighted by Crippen LogP contribution is -2.32. The number of aromatic nitrogens is 5. The van der Waals surface area contributed by atoms with Crippen LogP contribution in [0.1, 0.15) is 25.0 Å². The summed E-state index contributed by atoms with van der Waals surface area (Å²) in [7, 11) is 0. The Morgan fingerprint density at radius 1 is 1.07 bits per heavy atom. The summed E-state index contributed by atoms with van der Waals surface area (Å²) in [5.41, 5.74) is 9.50. The molecule has 2 aromatic carbocycles. The van der Waals surface area contributed by atoms with Gasteiger partial charge in [-0.25, -0.2) is 19.4 Å². The first-order valence-corrected chi connectivity index (χ1v) is 13.5. The Hall–Kier alpha value is -4.98. The monoisotopic (exact) mass is 595 g/mol. The van der Waals surface area contributed by atoms with Gasteiger partial charge in [0, 0.05) is 18.7 Å². The fraction of sp³-hybridized carbons (Fsp3) is 0.276. The zero-order valence-electron chi connectivity index (χ0n) is 23.0. The molecule has 5 rings (SSSR count). The average molecular weight is 596 g/mol. The van der Waals surface area contributed by atoms with Crippen molar-refractivity contribution in [3.8, 4) is 28.5 Å². The maximum atomic E-state index is 12.8. The summed E-state index contributed by atoms with van der Waals surface area (Å²) < 4.78 is 56.0. The average Bonchev–Trinajstić information content (AvgIpc) is 3.61. The molecule has 0 aliphatic carbocycles.